The molecule has 0 saturated heterocycles. The minimum Gasteiger partial charge on any atom is -0.467 e. The number of hydrogen-bond donors (Lipinski definition) is 1. The van der Waals surface area contributed by atoms with Crippen LogP contribution < -0.4 is 5.32 Å². The van der Waals surface area contributed by atoms with Gasteiger partial charge in [-0.05, 0) is 54.1 Å². The molecule has 0 aliphatic carbocycles. The summed E-state index contributed by atoms with van der Waals surface area (Å²) in [6.45, 7) is 3.60. The number of ether oxygens (including phenoxy) is 1. The van der Waals surface area contributed by atoms with Crippen LogP contribution in [-0.4, -0.2) is 24.5 Å². The molecule has 0 spiro atoms. The molecule has 4 nitrogen and oxygen atoms in total. The Morgan fingerprint density at radius 3 is 2.60 bits per heavy atom. The molecule has 1 amide bonds. The second-order valence-corrected chi connectivity index (χ2v) is 6.23. The highest BCUT2D eigenvalue weighted by Crippen LogP contribution is 2.21. The van der Waals surface area contributed by atoms with Gasteiger partial charge in [-0.2, -0.15) is 0 Å². The second-order valence-electron chi connectivity index (χ2n) is 4.66. The monoisotopic (exact) mass is 409 g/mol. The third kappa shape index (κ3) is 4.09. The highest BCUT2D eigenvalue weighted by molar-refractivity contribution is 14.1. The molecule has 0 saturated carbocycles. The zero-order valence-electron chi connectivity index (χ0n) is 11.6. The molecule has 110 valence electrons. The topological polar surface area (TPSA) is 55.4 Å². The summed E-state index contributed by atoms with van der Waals surface area (Å²) in [5.74, 6) is -0.797. The van der Waals surface area contributed by atoms with Gasteiger partial charge in [-0.25, -0.2) is 4.79 Å². The fourth-order valence-corrected chi connectivity index (χ4v) is 2.42. The van der Waals surface area contributed by atoms with Crippen molar-refractivity contribution >= 4 is 46.1 Å². The van der Waals surface area contributed by atoms with Crippen molar-refractivity contribution in [1.29, 1.82) is 0 Å². The Hall–Kier alpha value is -0.820. The van der Waals surface area contributed by atoms with E-state index in [0.29, 0.717) is 17.0 Å². The lowest BCUT2D eigenvalue weighted by atomic mass is 9.95. The van der Waals surface area contributed by atoms with Crippen molar-refractivity contribution in [1.82, 2.24) is 5.32 Å². The molecule has 1 aromatic rings. The van der Waals surface area contributed by atoms with Gasteiger partial charge in [0.15, 0.2) is 0 Å². The van der Waals surface area contributed by atoms with Gasteiger partial charge in [-0.1, -0.05) is 24.9 Å². The Labute approximate surface area is 137 Å². The van der Waals surface area contributed by atoms with E-state index in [1.54, 1.807) is 25.1 Å². The number of hydrogen-bond acceptors (Lipinski definition) is 3. The first-order chi connectivity index (χ1) is 9.34. The quantitative estimate of drug-likeness (QED) is 0.599. The largest absolute Gasteiger partial charge is 0.467 e. The van der Waals surface area contributed by atoms with E-state index in [-0.39, 0.29) is 5.91 Å². The Bertz CT molecular complexity index is 521. The van der Waals surface area contributed by atoms with E-state index in [0.717, 1.165) is 9.99 Å². The highest BCUT2D eigenvalue weighted by atomic mass is 127. The average molecular weight is 410 g/mol. The minimum absolute atomic E-state index is 0.343. The smallest absolute Gasteiger partial charge is 0.331 e. The van der Waals surface area contributed by atoms with Crippen LogP contribution in [0.1, 0.15) is 37.0 Å². The molecule has 0 bridgehead atoms. The van der Waals surface area contributed by atoms with E-state index in [1.807, 2.05) is 6.92 Å². The third-order valence-electron chi connectivity index (χ3n) is 2.96. The van der Waals surface area contributed by atoms with Crippen molar-refractivity contribution in [3.8, 4) is 0 Å². The lowest BCUT2D eigenvalue weighted by Gasteiger charge is -2.27. The maximum absolute atomic E-state index is 12.2. The van der Waals surface area contributed by atoms with Crippen molar-refractivity contribution in [2.75, 3.05) is 7.11 Å². The fraction of sp³-hybridized carbons (Fsp3) is 0.429. The van der Waals surface area contributed by atoms with Crippen molar-refractivity contribution < 1.29 is 14.3 Å². The Balaban J connectivity index is 2.96. The predicted molar refractivity (Wildman–Crippen MR) is 87.0 cm³/mol. The van der Waals surface area contributed by atoms with Crippen molar-refractivity contribution in [3.05, 3.63) is 32.4 Å². The van der Waals surface area contributed by atoms with Gasteiger partial charge in [0, 0.05) is 9.13 Å². The summed E-state index contributed by atoms with van der Waals surface area (Å²) in [5, 5.41) is 3.24. The van der Waals surface area contributed by atoms with Crippen LogP contribution in [0.3, 0.4) is 0 Å². The van der Waals surface area contributed by atoms with E-state index < -0.39 is 11.5 Å². The van der Waals surface area contributed by atoms with Gasteiger partial charge in [0.05, 0.1) is 12.1 Å². The number of methoxy groups -OCH3 is 1. The zero-order chi connectivity index (χ0) is 15.3. The average Bonchev–Trinajstić information content (AvgIpc) is 2.40. The van der Waals surface area contributed by atoms with Crippen LogP contribution in [-0.2, 0) is 9.53 Å². The molecule has 1 atom stereocenters. The van der Waals surface area contributed by atoms with E-state index in [9.17, 15) is 9.59 Å². The molecule has 0 fully saturated rings. The molecule has 1 unspecified atom stereocenters. The van der Waals surface area contributed by atoms with Gasteiger partial charge in [-0.3, -0.25) is 4.79 Å². The summed E-state index contributed by atoms with van der Waals surface area (Å²) in [7, 11) is 1.31. The normalized spacial score (nSPS) is 13.4. The van der Waals surface area contributed by atoms with Crippen LogP contribution in [0, 0.1) is 3.57 Å². The Morgan fingerprint density at radius 1 is 1.45 bits per heavy atom. The van der Waals surface area contributed by atoms with Gasteiger partial charge >= 0.3 is 5.97 Å². The number of esters is 1. The maximum atomic E-state index is 12.2. The summed E-state index contributed by atoms with van der Waals surface area (Å²) in [4.78, 5) is 24.1. The van der Waals surface area contributed by atoms with E-state index in [2.05, 4.69) is 27.9 Å². The summed E-state index contributed by atoms with van der Waals surface area (Å²) in [6.07, 6.45) is 1.25. The van der Waals surface area contributed by atoms with Crippen LogP contribution in [0.25, 0.3) is 0 Å². The standard InChI is InChI=1S/C14H17ClINO3/c1-4-7-14(2,13(19)20-3)17-12(18)9-5-6-11(16)10(15)8-9/h5-6,8H,4,7H2,1-3H3,(H,17,18). The molecule has 1 aromatic carbocycles. The molecule has 0 heterocycles. The highest BCUT2D eigenvalue weighted by Gasteiger charge is 2.35. The van der Waals surface area contributed by atoms with Crippen LogP contribution >= 0.6 is 34.2 Å². The summed E-state index contributed by atoms with van der Waals surface area (Å²) >= 11 is 8.09. The SMILES string of the molecule is CCCC(C)(NC(=O)c1ccc(I)c(Cl)c1)C(=O)OC. The lowest BCUT2D eigenvalue weighted by molar-refractivity contribution is -0.147. The number of halogens is 2. The predicted octanol–water partition coefficient (Wildman–Crippen LogP) is 3.41. The minimum atomic E-state index is -1.03. The number of benzene rings is 1. The van der Waals surface area contributed by atoms with Crippen LogP contribution in [0.5, 0.6) is 0 Å². The number of rotatable bonds is 5. The Morgan fingerprint density at radius 2 is 2.10 bits per heavy atom. The van der Waals surface area contributed by atoms with Crippen LogP contribution in [0.2, 0.25) is 5.02 Å². The van der Waals surface area contributed by atoms with Gasteiger partial charge in [0.1, 0.15) is 5.54 Å². The van der Waals surface area contributed by atoms with E-state index in [1.165, 1.54) is 7.11 Å². The fourth-order valence-electron chi connectivity index (χ4n) is 1.90. The van der Waals surface area contributed by atoms with Gasteiger partial charge in [-0.15, -0.1) is 0 Å². The summed E-state index contributed by atoms with van der Waals surface area (Å²) in [5.41, 5.74) is -0.613. The zero-order valence-corrected chi connectivity index (χ0v) is 14.5. The molecule has 0 aliphatic heterocycles. The lowest BCUT2D eigenvalue weighted by Crippen LogP contribution is -2.52. The number of amides is 1. The summed E-state index contributed by atoms with van der Waals surface area (Å²) < 4.78 is 5.63. The number of carbonyl (C=O) groups is 2. The molecular formula is C14H17ClINO3. The van der Waals surface area contributed by atoms with Gasteiger partial charge in [0.2, 0.25) is 0 Å². The van der Waals surface area contributed by atoms with Gasteiger partial charge < -0.3 is 10.1 Å². The second kappa shape index (κ2) is 7.26. The molecule has 6 heteroatoms. The van der Waals surface area contributed by atoms with Gasteiger partial charge in [0.25, 0.3) is 5.91 Å². The number of nitrogens with one attached hydrogen (secondary N) is 1. The first-order valence-corrected chi connectivity index (χ1v) is 7.65. The number of carbonyl (C=O) groups excluding carboxylic acids is 2. The van der Waals surface area contributed by atoms with E-state index in [4.69, 9.17) is 16.3 Å². The summed E-state index contributed by atoms with van der Waals surface area (Å²) in [6, 6.07) is 5.02. The first-order valence-electron chi connectivity index (χ1n) is 6.20. The molecule has 0 aromatic heterocycles. The molecule has 0 radical (unpaired) electrons. The molecular weight excluding hydrogens is 393 g/mol. The molecule has 1 rings (SSSR count). The third-order valence-corrected chi connectivity index (χ3v) is 4.53. The molecule has 1 N–H and O–H groups in total. The molecule has 20 heavy (non-hydrogen) atoms. The Kier molecular flexibility index (Phi) is 6.26. The van der Waals surface area contributed by atoms with Crippen LogP contribution in [0.15, 0.2) is 18.2 Å². The van der Waals surface area contributed by atoms with E-state index >= 15 is 0 Å². The van der Waals surface area contributed by atoms with Crippen molar-refractivity contribution in [2.45, 2.75) is 32.2 Å². The van der Waals surface area contributed by atoms with Crippen LogP contribution in [0.4, 0.5) is 0 Å². The maximum Gasteiger partial charge on any atom is 0.331 e. The van der Waals surface area contributed by atoms with Crippen molar-refractivity contribution in [3.63, 3.8) is 0 Å². The molecule has 0 aliphatic rings. The first kappa shape index (κ1) is 17.2. The van der Waals surface area contributed by atoms with Crippen molar-refractivity contribution in [2.24, 2.45) is 0 Å².